The van der Waals surface area contributed by atoms with E-state index in [0.717, 1.165) is 0 Å². The first-order valence-electron chi connectivity index (χ1n) is 3.82. The molecule has 0 N–H and O–H groups in total. The highest BCUT2D eigenvalue weighted by molar-refractivity contribution is 5.65. The van der Waals surface area contributed by atoms with Gasteiger partial charge in [-0.3, -0.25) is 9.36 Å². The fraction of sp³-hybridized carbons (Fsp3) is 0.429. The van der Waals surface area contributed by atoms with Crippen LogP contribution in [0.4, 0.5) is 5.82 Å². The molecule has 7 heteroatoms. The predicted molar refractivity (Wildman–Crippen MR) is 45.4 cm³/mol. The van der Waals surface area contributed by atoms with Crippen molar-refractivity contribution in [2.45, 2.75) is 20.6 Å². The third-order valence-electron chi connectivity index (χ3n) is 1.56. The summed E-state index contributed by atoms with van der Waals surface area (Å²) < 4.78 is 6.05. The SMILES string of the molecule is CC(=O)OCn1cc([N+](=O)[O-])nc1C. The van der Waals surface area contributed by atoms with E-state index >= 15 is 0 Å². The maximum absolute atomic E-state index is 10.5. The van der Waals surface area contributed by atoms with E-state index in [4.69, 9.17) is 0 Å². The molecule has 0 unspecified atom stereocenters. The van der Waals surface area contributed by atoms with Crippen molar-refractivity contribution in [3.05, 3.63) is 22.1 Å². The normalized spacial score (nSPS) is 9.86. The zero-order valence-electron chi connectivity index (χ0n) is 7.76. The van der Waals surface area contributed by atoms with Crippen molar-refractivity contribution in [1.29, 1.82) is 0 Å². The molecular weight excluding hydrogens is 190 g/mol. The second kappa shape index (κ2) is 3.86. The van der Waals surface area contributed by atoms with E-state index in [1.165, 1.54) is 17.7 Å². The molecule has 0 saturated heterocycles. The number of ether oxygens (including phenoxy) is 1. The highest BCUT2D eigenvalue weighted by atomic mass is 16.6. The summed E-state index contributed by atoms with van der Waals surface area (Å²) in [5.74, 6) is -0.270. The van der Waals surface area contributed by atoms with E-state index < -0.39 is 10.9 Å². The number of esters is 1. The van der Waals surface area contributed by atoms with Gasteiger partial charge in [-0.2, -0.15) is 0 Å². The van der Waals surface area contributed by atoms with E-state index in [9.17, 15) is 14.9 Å². The molecule has 0 aliphatic rings. The first-order valence-corrected chi connectivity index (χ1v) is 3.82. The van der Waals surface area contributed by atoms with Crippen molar-refractivity contribution >= 4 is 11.8 Å². The number of imidazole rings is 1. The molecule has 0 amide bonds. The molecule has 1 aromatic heterocycles. The molecule has 1 heterocycles. The maximum Gasteiger partial charge on any atom is 0.381 e. The first-order chi connectivity index (χ1) is 6.50. The molecule has 0 fully saturated rings. The second-order valence-electron chi connectivity index (χ2n) is 2.64. The third-order valence-corrected chi connectivity index (χ3v) is 1.56. The molecule has 0 aliphatic carbocycles. The molecule has 0 radical (unpaired) electrons. The van der Waals surface area contributed by atoms with E-state index in [-0.39, 0.29) is 12.5 Å². The number of carbonyl (C=O) groups excluding carboxylic acids is 1. The smallest absolute Gasteiger partial charge is 0.381 e. The van der Waals surface area contributed by atoms with Crippen LogP contribution >= 0.6 is 0 Å². The van der Waals surface area contributed by atoms with Gasteiger partial charge in [0, 0.05) is 13.8 Å². The molecule has 0 aromatic carbocycles. The lowest BCUT2D eigenvalue weighted by Gasteiger charge is -2.01. The number of nitrogens with zero attached hydrogens (tertiary/aromatic N) is 3. The zero-order chi connectivity index (χ0) is 10.7. The summed E-state index contributed by atoms with van der Waals surface area (Å²) in [6.45, 7) is 2.80. The van der Waals surface area contributed by atoms with Crippen LogP contribution < -0.4 is 0 Å². The van der Waals surface area contributed by atoms with Gasteiger partial charge in [0.2, 0.25) is 5.82 Å². The molecule has 1 aromatic rings. The molecule has 0 atom stereocenters. The molecular formula is C7H9N3O4. The van der Waals surface area contributed by atoms with Crippen molar-refractivity contribution in [2.75, 3.05) is 0 Å². The van der Waals surface area contributed by atoms with Gasteiger partial charge < -0.3 is 14.9 Å². The van der Waals surface area contributed by atoms with Crippen LogP contribution in [0.5, 0.6) is 0 Å². The number of aromatic nitrogens is 2. The van der Waals surface area contributed by atoms with Crippen LogP contribution in [0.3, 0.4) is 0 Å². The number of rotatable bonds is 3. The first kappa shape index (κ1) is 10.2. The minimum Gasteiger partial charge on any atom is -0.444 e. The minimum absolute atomic E-state index is 0.0536. The van der Waals surface area contributed by atoms with E-state index in [2.05, 4.69) is 9.72 Å². The average Bonchev–Trinajstić information content (AvgIpc) is 2.43. The Labute approximate surface area is 79.5 Å². The second-order valence-corrected chi connectivity index (χ2v) is 2.64. The van der Waals surface area contributed by atoms with Crippen LogP contribution in [-0.2, 0) is 16.3 Å². The topological polar surface area (TPSA) is 87.3 Å². The fourth-order valence-corrected chi connectivity index (χ4v) is 0.871. The van der Waals surface area contributed by atoms with Crippen molar-refractivity contribution in [3.8, 4) is 0 Å². The Morgan fingerprint density at radius 2 is 2.43 bits per heavy atom. The summed E-state index contributed by atoms with van der Waals surface area (Å²) >= 11 is 0. The number of hydrogen-bond acceptors (Lipinski definition) is 5. The molecule has 14 heavy (non-hydrogen) atoms. The van der Waals surface area contributed by atoms with Crippen LogP contribution in [0.15, 0.2) is 6.20 Å². The zero-order valence-corrected chi connectivity index (χ0v) is 7.76. The van der Waals surface area contributed by atoms with E-state index in [1.807, 2.05) is 0 Å². The number of aryl methyl sites for hydroxylation is 1. The van der Waals surface area contributed by atoms with Crippen molar-refractivity contribution in [3.63, 3.8) is 0 Å². The highest BCUT2D eigenvalue weighted by Gasteiger charge is 2.14. The average molecular weight is 199 g/mol. The van der Waals surface area contributed by atoms with Gasteiger partial charge in [0.1, 0.15) is 6.20 Å². The molecule has 0 saturated carbocycles. The Bertz CT molecular complexity index is 371. The van der Waals surface area contributed by atoms with Gasteiger partial charge in [-0.15, -0.1) is 0 Å². The quantitative estimate of drug-likeness (QED) is 0.404. The van der Waals surface area contributed by atoms with Gasteiger partial charge in [0.25, 0.3) is 0 Å². The lowest BCUT2D eigenvalue weighted by Crippen LogP contribution is -2.06. The molecule has 7 nitrogen and oxygen atoms in total. The summed E-state index contributed by atoms with van der Waals surface area (Å²) in [5.41, 5.74) is 0. The summed E-state index contributed by atoms with van der Waals surface area (Å²) in [6.07, 6.45) is 1.22. The van der Waals surface area contributed by atoms with Gasteiger partial charge in [-0.05, 0) is 9.91 Å². The number of hydrogen-bond donors (Lipinski definition) is 0. The molecule has 0 aliphatic heterocycles. The summed E-state index contributed by atoms with van der Waals surface area (Å²) in [5, 5.41) is 10.3. The lowest BCUT2D eigenvalue weighted by atomic mass is 10.7. The molecule has 1 rings (SSSR count). The Hall–Kier alpha value is -1.92. The molecule has 0 spiro atoms. The van der Waals surface area contributed by atoms with Crippen LogP contribution in [0.1, 0.15) is 12.7 Å². The Balaban J connectivity index is 2.77. The lowest BCUT2D eigenvalue weighted by molar-refractivity contribution is -0.389. The molecule has 0 bridgehead atoms. The van der Waals surface area contributed by atoms with Crippen LogP contribution in [0, 0.1) is 17.0 Å². The van der Waals surface area contributed by atoms with Crippen molar-refractivity contribution in [2.24, 2.45) is 0 Å². The maximum atomic E-state index is 10.5. The summed E-state index contributed by atoms with van der Waals surface area (Å²) in [7, 11) is 0. The summed E-state index contributed by atoms with van der Waals surface area (Å²) in [6, 6.07) is 0. The summed E-state index contributed by atoms with van der Waals surface area (Å²) in [4.78, 5) is 23.9. The van der Waals surface area contributed by atoms with E-state index in [1.54, 1.807) is 6.92 Å². The monoisotopic (exact) mass is 199 g/mol. The van der Waals surface area contributed by atoms with Gasteiger partial charge >= 0.3 is 11.8 Å². The minimum atomic E-state index is -0.600. The van der Waals surface area contributed by atoms with Gasteiger partial charge in [0.05, 0.1) is 0 Å². The number of nitro groups is 1. The largest absolute Gasteiger partial charge is 0.444 e. The standard InChI is InChI=1S/C7H9N3O4/c1-5-8-7(10(12)13)3-9(5)4-14-6(2)11/h3H,4H2,1-2H3. The Kier molecular flexibility index (Phi) is 2.80. The van der Waals surface area contributed by atoms with Gasteiger partial charge in [-0.1, -0.05) is 0 Å². The number of carbonyl (C=O) groups is 1. The van der Waals surface area contributed by atoms with Crippen LogP contribution in [-0.4, -0.2) is 20.4 Å². The Morgan fingerprint density at radius 3 is 2.86 bits per heavy atom. The van der Waals surface area contributed by atoms with Crippen LogP contribution in [0.2, 0.25) is 0 Å². The fourth-order valence-electron chi connectivity index (χ4n) is 0.871. The van der Waals surface area contributed by atoms with Crippen LogP contribution in [0.25, 0.3) is 0 Å². The predicted octanol–water partition coefficient (Wildman–Crippen LogP) is 0.620. The van der Waals surface area contributed by atoms with Crippen molar-refractivity contribution < 1.29 is 14.5 Å². The third kappa shape index (κ3) is 2.28. The van der Waals surface area contributed by atoms with Crippen molar-refractivity contribution in [1.82, 2.24) is 9.55 Å². The molecule has 76 valence electrons. The van der Waals surface area contributed by atoms with Gasteiger partial charge in [-0.25, -0.2) is 0 Å². The van der Waals surface area contributed by atoms with Gasteiger partial charge in [0.15, 0.2) is 6.73 Å². The van der Waals surface area contributed by atoms with E-state index in [0.29, 0.717) is 5.82 Å². The highest BCUT2D eigenvalue weighted by Crippen LogP contribution is 2.09. The Morgan fingerprint density at radius 1 is 1.79 bits per heavy atom.